The Morgan fingerprint density at radius 1 is 1.19 bits per heavy atom. The Labute approximate surface area is 155 Å². The van der Waals surface area contributed by atoms with Crippen LogP contribution < -0.4 is 10.0 Å². The van der Waals surface area contributed by atoms with E-state index in [2.05, 4.69) is 24.8 Å². The monoisotopic (exact) mass is 377 g/mol. The minimum absolute atomic E-state index is 0.0426. The van der Waals surface area contributed by atoms with E-state index >= 15 is 0 Å². The van der Waals surface area contributed by atoms with E-state index in [9.17, 15) is 8.42 Å². The maximum Gasteiger partial charge on any atom is 0.216 e. The van der Waals surface area contributed by atoms with Gasteiger partial charge < -0.3 is 9.88 Å². The molecule has 2 aromatic rings. The molecule has 8 heteroatoms. The van der Waals surface area contributed by atoms with E-state index in [0.717, 1.165) is 43.0 Å². The summed E-state index contributed by atoms with van der Waals surface area (Å²) in [6.45, 7) is 8.42. The Morgan fingerprint density at radius 3 is 2.62 bits per heavy atom. The average Bonchev–Trinajstić information content (AvgIpc) is 2.82. The van der Waals surface area contributed by atoms with Crippen molar-refractivity contribution in [1.82, 2.24) is 24.8 Å². The van der Waals surface area contributed by atoms with E-state index < -0.39 is 16.1 Å². The van der Waals surface area contributed by atoms with Crippen LogP contribution in [0, 0.1) is 12.8 Å². The number of aryl methyl sites for hydroxylation is 1. The molecule has 3 rings (SSSR count). The Bertz CT molecular complexity index is 843. The summed E-state index contributed by atoms with van der Waals surface area (Å²) in [5.74, 6) is 1.63. The van der Waals surface area contributed by atoms with Crippen molar-refractivity contribution in [2.75, 3.05) is 13.1 Å². The SMILES string of the molecule is Cc1ccc(CS(=O)(=O)NC(c2nnc3n2CCNCC3)C(C)C)cc1. The van der Waals surface area contributed by atoms with Crippen LogP contribution in [0.3, 0.4) is 0 Å². The highest BCUT2D eigenvalue weighted by Gasteiger charge is 2.28. The summed E-state index contributed by atoms with van der Waals surface area (Å²) in [6.07, 6.45) is 0.800. The number of rotatable bonds is 6. The summed E-state index contributed by atoms with van der Waals surface area (Å²) >= 11 is 0. The Balaban J connectivity index is 1.82. The van der Waals surface area contributed by atoms with Crippen LogP contribution in [0.5, 0.6) is 0 Å². The minimum atomic E-state index is -3.50. The number of benzene rings is 1. The van der Waals surface area contributed by atoms with E-state index in [-0.39, 0.29) is 11.7 Å². The molecule has 1 aliphatic rings. The molecule has 0 saturated heterocycles. The first-order valence-electron chi connectivity index (χ1n) is 9.04. The predicted octanol–water partition coefficient (Wildman–Crippen LogP) is 1.55. The molecule has 0 radical (unpaired) electrons. The zero-order chi connectivity index (χ0) is 18.7. The van der Waals surface area contributed by atoms with Gasteiger partial charge in [-0.25, -0.2) is 13.1 Å². The van der Waals surface area contributed by atoms with Gasteiger partial charge in [0, 0.05) is 26.1 Å². The highest BCUT2D eigenvalue weighted by molar-refractivity contribution is 7.88. The lowest BCUT2D eigenvalue weighted by Gasteiger charge is -2.22. The second-order valence-corrected chi connectivity index (χ2v) is 8.96. The van der Waals surface area contributed by atoms with Gasteiger partial charge in [0.1, 0.15) is 5.82 Å². The highest BCUT2D eigenvalue weighted by Crippen LogP contribution is 2.23. The van der Waals surface area contributed by atoms with Gasteiger partial charge in [0.25, 0.3) is 0 Å². The zero-order valence-electron chi connectivity index (χ0n) is 15.6. The second-order valence-electron chi connectivity index (χ2n) is 7.21. The van der Waals surface area contributed by atoms with Crippen LogP contribution in [0.1, 0.15) is 42.7 Å². The smallest absolute Gasteiger partial charge is 0.216 e. The third-order valence-electron chi connectivity index (χ3n) is 4.62. The summed E-state index contributed by atoms with van der Waals surface area (Å²) < 4.78 is 30.4. The molecule has 2 heterocycles. The number of hydrogen-bond donors (Lipinski definition) is 2. The largest absolute Gasteiger partial charge is 0.315 e. The third kappa shape index (κ3) is 4.49. The molecular weight excluding hydrogens is 350 g/mol. The van der Waals surface area contributed by atoms with E-state index in [4.69, 9.17) is 0 Å². The molecule has 1 aromatic heterocycles. The molecule has 1 atom stereocenters. The van der Waals surface area contributed by atoms with Gasteiger partial charge in [0.15, 0.2) is 5.82 Å². The van der Waals surface area contributed by atoms with Crippen molar-refractivity contribution in [2.45, 2.75) is 45.5 Å². The van der Waals surface area contributed by atoms with Gasteiger partial charge in [-0.3, -0.25) is 0 Å². The van der Waals surface area contributed by atoms with Crippen molar-refractivity contribution in [2.24, 2.45) is 5.92 Å². The number of nitrogens with zero attached hydrogens (tertiary/aromatic N) is 3. The molecule has 142 valence electrons. The lowest BCUT2D eigenvalue weighted by Crippen LogP contribution is -2.35. The van der Waals surface area contributed by atoms with Crippen LogP contribution in [0.4, 0.5) is 0 Å². The van der Waals surface area contributed by atoms with Gasteiger partial charge >= 0.3 is 0 Å². The van der Waals surface area contributed by atoms with E-state index in [0.29, 0.717) is 5.82 Å². The molecule has 0 aliphatic carbocycles. The quantitative estimate of drug-likeness (QED) is 0.797. The van der Waals surface area contributed by atoms with Crippen molar-refractivity contribution in [3.8, 4) is 0 Å². The van der Waals surface area contributed by atoms with Crippen LogP contribution in [-0.2, 0) is 28.7 Å². The first-order chi connectivity index (χ1) is 12.4. The lowest BCUT2D eigenvalue weighted by atomic mass is 10.1. The molecule has 26 heavy (non-hydrogen) atoms. The molecule has 2 N–H and O–H groups in total. The highest BCUT2D eigenvalue weighted by atomic mass is 32.2. The fourth-order valence-corrected chi connectivity index (χ4v) is 4.63. The molecule has 0 amide bonds. The number of hydrogen-bond acceptors (Lipinski definition) is 5. The first-order valence-corrected chi connectivity index (χ1v) is 10.7. The van der Waals surface area contributed by atoms with Gasteiger partial charge in [0.05, 0.1) is 11.8 Å². The Kier molecular flexibility index (Phi) is 5.74. The van der Waals surface area contributed by atoms with Crippen molar-refractivity contribution in [3.05, 3.63) is 47.0 Å². The van der Waals surface area contributed by atoms with Crippen LogP contribution in [-0.4, -0.2) is 36.3 Å². The molecule has 1 aliphatic heterocycles. The molecule has 0 saturated carbocycles. The topological polar surface area (TPSA) is 88.9 Å². The van der Waals surface area contributed by atoms with Crippen molar-refractivity contribution >= 4 is 10.0 Å². The lowest BCUT2D eigenvalue weighted by molar-refractivity contribution is 0.424. The van der Waals surface area contributed by atoms with Crippen LogP contribution in [0.25, 0.3) is 0 Å². The van der Waals surface area contributed by atoms with E-state index in [1.165, 1.54) is 0 Å². The maximum atomic E-state index is 12.8. The van der Waals surface area contributed by atoms with Crippen LogP contribution in [0.15, 0.2) is 24.3 Å². The number of aromatic nitrogens is 3. The van der Waals surface area contributed by atoms with Crippen LogP contribution in [0.2, 0.25) is 0 Å². The van der Waals surface area contributed by atoms with Gasteiger partial charge in [-0.1, -0.05) is 43.7 Å². The van der Waals surface area contributed by atoms with Crippen LogP contribution >= 0.6 is 0 Å². The summed E-state index contributed by atoms with van der Waals surface area (Å²) in [7, 11) is -3.50. The molecule has 7 nitrogen and oxygen atoms in total. The Morgan fingerprint density at radius 2 is 1.92 bits per heavy atom. The summed E-state index contributed by atoms with van der Waals surface area (Å²) in [5.41, 5.74) is 1.88. The van der Waals surface area contributed by atoms with Gasteiger partial charge in [-0.2, -0.15) is 0 Å². The molecule has 0 bridgehead atoms. The Hall–Kier alpha value is -1.77. The average molecular weight is 378 g/mol. The van der Waals surface area contributed by atoms with Crippen molar-refractivity contribution in [1.29, 1.82) is 0 Å². The fourth-order valence-electron chi connectivity index (χ4n) is 3.15. The van der Waals surface area contributed by atoms with Gasteiger partial charge in [-0.05, 0) is 18.4 Å². The summed E-state index contributed by atoms with van der Waals surface area (Å²) in [4.78, 5) is 0. The van der Waals surface area contributed by atoms with Gasteiger partial charge in [-0.15, -0.1) is 10.2 Å². The number of nitrogens with one attached hydrogen (secondary N) is 2. The third-order valence-corrected chi connectivity index (χ3v) is 5.95. The molecule has 1 aromatic carbocycles. The summed E-state index contributed by atoms with van der Waals surface area (Å²) in [5, 5.41) is 11.9. The minimum Gasteiger partial charge on any atom is -0.315 e. The second kappa shape index (κ2) is 7.85. The first kappa shape index (κ1) is 19.0. The zero-order valence-corrected chi connectivity index (χ0v) is 16.4. The summed E-state index contributed by atoms with van der Waals surface area (Å²) in [6, 6.07) is 7.16. The molecule has 1 unspecified atom stereocenters. The van der Waals surface area contributed by atoms with E-state index in [1.807, 2.05) is 45.0 Å². The normalized spacial score (nSPS) is 16.3. The fraction of sp³-hybridized carbons (Fsp3) is 0.556. The molecule has 0 spiro atoms. The van der Waals surface area contributed by atoms with Crippen molar-refractivity contribution in [3.63, 3.8) is 0 Å². The maximum absolute atomic E-state index is 12.8. The number of fused-ring (bicyclic) bond motifs is 1. The standard InChI is InChI=1S/C18H27N5O2S/c1-13(2)17(18-21-20-16-8-9-19-10-11-23(16)18)22-26(24,25)12-15-6-4-14(3)5-7-15/h4-7,13,17,19,22H,8-12H2,1-3H3. The molecular formula is C18H27N5O2S. The van der Waals surface area contributed by atoms with Gasteiger partial charge in [0.2, 0.25) is 10.0 Å². The number of sulfonamides is 1. The van der Waals surface area contributed by atoms with E-state index in [1.54, 1.807) is 0 Å². The molecule has 0 fully saturated rings. The predicted molar refractivity (Wildman–Crippen MR) is 101 cm³/mol. The van der Waals surface area contributed by atoms with Crippen molar-refractivity contribution < 1.29 is 8.42 Å².